The average molecular weight is 469 g/mol. The Balaban J connectivity index is 2.31. The van der Waals surface area contributed by atoms with Crippen molar-refractivity contribution in [3.8, 4) is 6.07 Å². The maximum atomic E-state index is 13.2. The standard InChI is InChI=1S/C23H20N2O3S3/c1-4-13-25-22(26)20(14-17-7-9-18(29-3)10-8-17)30-23(25)21(15-24)31(27,28)19-11-5-16(2)6-12-19/h4-12,14H,1,13H2,2-3H3/b20-14-,23-21-. The first-order chi connectivity index (χ1) is 14.8. The number of thioether (sulfide) groups is 1. The third-order valence-corrected chi connectivity index (χ3v) is 8.25. The minimum absolute atomic E-state index is 0.0128. The average Bonchev–Trinajstić information content (AvgIpc) is 3.05. The third kappa shape index (κ3) is 4.74. The Kier molecular flexibility index (Phi) is 7.01. The van der Waals surface area contributed by atoms with Gasteiger partial charge in [0.25, 0.3) is 5.56 Å². The summed E-state index contributed by atoms with van der Waals surface area (Å²) in [6.07, 6.45) is 5.18. The molecule has 0 atom stereocenters. The highest BCUT2D eigenvalue weighted by Gasteiger charge is 2.24. The number of thiazole rings is 1. The van der Waals surface area contributed by atoms with Crippen molar-refractivity contribution in [1.82, 2.24) is 4.57 Å². The van der Waals surface area contributed by atoms with Crippen LogP contribution >= 0.6 is 23.1 Å². The van der Waals surface area contributed by atoms with E-state index in [4.69, 9.17) is 0 Å². The Bertz CT molecular complexity index is 1440. The van der Waals surface area contributed by atoms with Gasteiger partial charge in [-0.15, -0.1) is 29.7 Å². The number of sulfone groups is 1. The zero-order valence-electron chi connectivity index (χ0n) is 17.0. The van der Waals surface area contributed by atoms with E-state index in [0.717, 1.165) is 27.4 Å². The highest BCUT2D eigenvalue weighted by Crippen LogP contribution is 2.19. The summed E-state index contributed by atoms with van der Waals surface area (Å²) in [6, 6.07) is 15.8. The number of hydrogen-bond acceptors (Lipinski definition) is 6. The zero-order valence-corrected chi connectivity index (χ0v) is 19.5. The van der Waals surface area contributed by atoms with Crippen LogP contribution in [0.2, 0.25) is 0 Å². The fraction of sp³-hybridized carbons (Fsp3) is 0.130. The van der Waals surface area contributed by atoms with Crippen LogP contribution in [0.4, 0.5) is 0 Å². The highest BCUT2D eigenvalue weighted by atomic mass is 32.2. The second-order valence-corrected chi connectivity index (χ2v) is 10.4. The molecular weight excluding hydrogens is 448 g/mol. The zero-order chi connectivity index (χ0) is 22.6. The molecule has 8 heteroatoms. The van der Waals surface area contributed by atoms with Gasteiger partial charge in [-0.2, -0.15) is 5.26 Å². The molecule has 0 N–H and O–H groups in total. The van der Waals surface area contributed by atoms with Gasteiger partial charge < -0.3 is 0 Å². The Labute approximate surface area is 189 Å². The van der Waals surface area contributed by atoms with Crippen molar-refractivity contribution in [3.63, 3.8) is 0 Å². The third-order valence-electron chi connectivity index (χ3n) is 4.53. The van der Waals surface area contributed by atoms with Crippen LogP contribution in [0, 0.1) is 18.3 Å². The summed E-state index contributed by atoms with van der Waals surface area (Å²) < 4.78 is 28.1. The van der Waals surface area contributed by atoms with Gasteiger partial charge in [-0.1, -0.05) is 35.9 Å². The second-order valence-electron chi connectivity index (χ2n) is 6.65. The van der Waals surface area contributed by atoms with Gasteiger partial charge in [0.1, 0.15) is 10.7 Å². The van der Waals surface area contributed by atoms with Gasteiger partial charge in [0.2, 0.25) is 9.84 Å². The molecule has 31 heavy (non-hydrogen) atoms. The fourth-order valence-corrected chi connectivity index (χ4v) is 5.95. The Morgan fingerprint density at radius 2 is 1.84 bits per heavy atom. The van der Waals surface area contributed by atoms with Crippen molar-refractivity contribution in [2.24, 2.45) is 0 Å². The molecule has 0 saturated heterocycles. The molecule has 1 aromatic heterocycles. The first-order valence-corrected chi connectivity index (χ1v) is 12.8. The van der Waals surface area contributed by atoms with Crippen molar-refractivity contribution < 1.29 is 8.42 Å². The second kappa shape index (κ2) is 9.52. The quantitative estimate of drug-likeness (QED) is 0.410. The lowest BCUT2D eigenvalue weighted by atomic mass is 10.2. The van der Waals surface area contributed by atoms with E-state index in [2.05, 4.69) is 6.58 Å². The van der Waals surface area contributed by atoms with Crippen LogP contribution in [0.15, 0.2) is 75.8 Å². The summed E-state index contributed by atoms with van der Waals surface area (Å²) in [7, 11) is -4.09. The lowest BCUT2D eigenvalue weighted by molar-refractivity contribution is 0.605. The molecule has 0 aliphatic carbocycles. The SMILES string of the molecule is C=CCn1c(=O)/c(=C/c2ccc(SC)cc2)s/c1=C(/C#N)S(=O)(=O)c1ccc(C)cc1. The van der Waals surface area contributed by atoms with E-state index in [9.17, 15) is 18.5 Å². The molecule has 2 aromatic carbocycles. The van der Waals surface area contributed by atoms with Crippen LogP contribution in [-0.2, 0) is 16.4 Å². The van der Waals surface area contributed by atoms with Crippen LogP contribution < -0.4 is 14.8 Å². The van der Waals surface area contributed by atoms with Crippen molar-refractivity contribution >= 4 is 43.9 Å². The number of nitriles is 1. The molecule has 3 aromatic rings. The summed E-state index contributed by atoms with van der Waals surface area (Å²) in [4.78, 5) is 13.7. The van der Waals surface area contributed by atoms with Gasteiger partial charge in [0.15, 0.2) is 4.91 Å². The molecule has 158 valence electrons. The number of rotatable bonds is 6. The van der Waals surface area contributed by atoms with Crippen LogP contribution in [0.1, 0.15) is 11.1 Å². The maximum Gasteiger partial charge on any atom is 0.269 e. The smallest absolute Gasteiger partial charge is 0.269 e. The van der Waals surface area contributed by atoms with E-state index in [1.165, 1.54) is 22.8 Å². The van der Waals surface area contributed by atoms with Crippen LogP contribution in [0.25, 0.3) is 11.0 Å². The van der Waals surface area contributed by atoms with E-state index in [-0.39, 0.29) is 21.7 Å². The molecule has 0 saturated carbocycles. The number of allylic oxidation sites excluding steroid dienone is 1. The molecule has 0 aliphatic rings. The van der Waals surface area contributed by atoms with Crippen LogP contribution in [0.5, 0.6) is 0 Å². The molecular formula is C23H20N2O3S3. The summed E-state index contributed by atoms with van der Waals surface area (Å²) in [6.45, 7) is 5.60. The van der Waals surface area contributed by atoms with E-state index >= 15 is 0 Å². The van der Waals surface area contributed by atoms with Gasteiger partial charge in [-0.25, -0.2) is 8.42 Å². The first kappa shape index (κ1) is 22.8. The highest BCUT2D eigenvalue weighted by molar-refractivity contribution is 8.00. The van der Waals surface area contributed by atoms with Crippen LogP contribution in [-0.4, -0.2) is 19.2 Å². The molecule has 0 aliphatic heterocycles. The predicted molar refractivity (Wildman–Crippen MR) is 127 cm³/mol. The molecule has 0 radical (unpaired) electrons. The Hall–Kier alpha value is -2.86. The molecule has 0 amide bonds. The fourth-order valence-electron chi connectivity index (χ4n) is 2.89. The van der Waals surface area contributed by atoms with E-state index in [0.29, 0.717) is 4.53 Å². The number of hydrogen-bond donors (Lipinski definition) is 0. The predicted octanol–water partition coefficient (Wildman–Crippen LogP) is 3.06. The Morgan fingerprint density at radius 3 is 2.39 bits per heavy atom. The normalized spacial score (nSPS) is 13.0. The number of aryl methyl sites for hydroxylation is 1. The topological polar surface area (TPSA) is 79.9 Å². The minimum atomic E-state index is -4.09. The van der Waals surface area contributed by atoms with Gasteiger partial charge >= 0.3 is 0 Å². The Morgan fingerprint density at radius 1 is 1.19 bits per heavy atom. The molecule has 3 rings (SSSR count). The van der Waals surface area contributed by atoms with Gasteiger partial charge in [-0.05, 0) is 49.1 Å². The van der Waals surface area contributed by atoms with Gasteiger partial charge in [0, 0.05) is 11.4 Å². The summed E-state index contributed by atoms with van der Waals surface area (Å²) in [5.41, 5.74) is 1.36. The molecule has 0 spiro atoms. The van der Waals surface area contributed by atoms with Crippen LogP contribution in [0.3, 0.4) is 0 Å². The largest absolute Gasteiger partial charge is 0.293 e. The first-order valence-electron chi connectivity index (χ1n) is 9.24. The van der Waals surface area contributed by atoms with Gasteiger partial charge in [0.05, 0.1) is 9.43 Å². The lowest BCUT2D eigenvalue weighted by Crippen LogP contribution is -2.32. The minimum Gasteiger partial charge on any atom is -0.293 e. The summed E-state index contributed by atoms with van der Waals surface area (Å²) in [5.74, 6) is 0. The molecule has 0 fully saturated rings. The molecule has 0 unspecified atom stereocenters. The number of benzene rings is 2. The van der Waals surface area contributed by atoms with E-state index in [1.54, 1.807) is 30.0 Å². The monoisotopic (exact) mass is 468 g/mol. The van der Waals surface area contributed by atoms with E-state index in [1.807, 2.05) is 43.5 Å². The molecule has 5 nitrogen and oxygen atoms in total. The summed E-state index contributed by atoms with van der Waals surface area (Å²) in [5, 5.41) is 9.76. The maximum absolute atomic E-state index is 13.2. The van der Waals surface area contributed by atoms with Crippen molar-refractivity contribution in [2.45, 2.75) is 23.3 Å². The van der Waals surface area contributed by atoms with E-state index < -0.39 is 14.7 Å². The summed E-state index contributed by atoms with van der Waals surface area (Å²) >= 11 is 2.61. The van der Waals surface area contributed by atoms with Crippen molar-refractivity contribution in [1.29, 1.82) is 5.26 Å². The molecule has 1 heterocycles. The number of nitrogens with zero attached hydrogens (tertiary/aromatic N) is 2. The number of aromatic nitrogens is 1. The molecule has 0 bridgehead atoms. The lowest BCUT2D eigenvalue weighted by Gasteiger charge is -2.04. The van der Waals surface area contributed by atoms with Crippen molar-refractivity contribution in [3.05, 3.63) is 91.9 Å². The van der Waals surface area contributed by atoms with Crippen molar-refractivity contribution in [2.75, 3.05) is 6.26 Å². The van der Waals surface area contributed by atoms with Gasteiger partial charge in [-0.3, -0.25) is 9.36 Å².